The van der Waals surface area contributed by atoms with Crippen LogP contribution in [0, 0.1) is 0 Å². The minimum Gasteiger partial charge on any atom is -0.486 e. The quantitative estimate of drug-likeness (QED) is 0.768. The smallest absolute Gasteiger partial charge is 0.255 e. The summed E-state index contributed by atoms with van der Waals surface area (Å²) in [5.41, 5.74) is 1.94. The summed E-state index contributed by atoms with van der Waals surface area (Å²) in [6, 6.07) is 14.6. The van der Waals surface area contributed by atoms with Crippen molar-refractivity contribution < 1.29 is 14.3 Å². The van der Waals surface area contributed by atoms with Crippen LogP contribution in [0.2, 0.25) is 5.02 Å². The second-order valence-corrected chi connectivity index (χ2v) is 5.98. The van der Waals surface area contributed by atoms with Gasteiger partial charge in [0.2, 0.25) is 0 Å². The molecule has 126 valence electrons. The van der Waals surface area contributed by atoms with E-state index in [4.69, 9.17) is 21.1 Å². The Morgan fingerprint density at radius 3 is 2.48 bits per heavy atom. The van der Waals surface area contributed by atoms with E-state index in [9.17, 15) is 4.79 Å². The fraction of sp³-hybridized carbons (Fsp3) is 0.105. The summed E-state index contributed by atoms with van der Waals surface area (Å²) in [5.74, 6) is 0.920. The molecule has 0 unspecified atom stereocenters. The molecule has 0 saturated heterocycles. The highest BCUT2D eigenvalue weighted by Gasteiger charge is 2.17. The Morgan fingerprint density at radius 1 is 1.00 bits per heavy atom. The van der Waals surface area contributed by atoms with Crippen LogP contribution in [0.25, 0.3) is 5.69 Å². The van der Waals surface area contributed by atoms with Gasteiger partial charge in [-0.3, -0.25) is 4.79 Å². The van der Waals surface area contributed by atoms with Gasteiger partial charge in [0.25, 0.3) is 5.91 Å². The van der Waals surface area contributed by atoms with Crippen molar-refractivity contribution in [2.24, 2.45) is 0 Å². The second-order valence-electron chi connectivity index (χ2n) is 5.57. The van der Waals surface area contributed by atoms with Gasteiger partial charge in [0.15, 0.2) is 11.5 Å². The third-order valence-electron chi connectivity index (χ3n) is 3.89. The fourth-order valence-corrected chi connectivity index (χ4v) is 2.87. The number of amides is 1. The molecule has 0 atom stereocenters. The summed E-state index contributed by atoms with van der Waals surface area (Å²) < 4.78 is 13.0. The number of benzene rings is 2. The fourth-order valence-electron chi connectivity index (χ4n) is 2.67. The SMILES string of the molecule is O=C(Nc1cc2c(cc1Cl)OCCO2)c1cccc(-n2cccc2)c1. The maximum atomic E-state index is 12.6. The molecule has 1 aliphatic rings. The summed E-state index contributed by atoms with van der Waals surface area (Å²) in [7, 11) is 0. The first-order valence-corrected chi connectivity index (χ1v) is 8.22. The van der Waals surface area contributed by atoms with Crippen molar-refractivity contribution in [3.05, 3.63) is 71.5 Å². The van der Waals surface area contributed by atoms with E-state index in [1.54, 1.807) is 18.2 Å². The predicted octanol–water partition coefficient (Wildman–Crippen LogP) is 4.15. The molecule has 6 heteroatoms. The molecule has 25 heavy (non-hydrogen) atoms. The molecule has 0 saturated carbocycles. The summed E-state index contributed by atoms with van der Waals surface area (Å²) in [4.78, 5) is 12.6. The molecule has 0 spiro atoms. The Balaban J connectivity index is 1.59. The number of halogens is 1. The molecule has 3 aromatic rings. The molecular formula is C19H15ClN2O3. The highest BCUT2D eigenvalue weighted by atomic mass is 35.5. The van der Waals surface area contributed by atoms with E-state index in [1.807, 2.05) is 47.3 Å². The van der Waals surface area contributed by atoms with Crippen LogP contribution in [0.3, 0.4) is 0 Å². The highest BCUT2D eigenvalue weighted by molar-refractivity contribution is 6.34. The summed E-state index contributed by atoms with van der Waals surface area (Å²) in [6.07, 6.45) is 3.85. The molecule has 0 aliphatic carbocycles. The van der Waals surface area contributed by atoms with E-state index >= 15 is 0 Å². The zero-order chi connectivity index (χ0) is 17.2. The number of fused-ring (bicyclic) bond motifs is 1. The van der Waals surface area contributed by atoms with E-state index < -0.39 is 0 Å². The van der Waals surface area contributed by atoms with Gasteiger partial charge in [-0.2, -0.15) is 0 Å². The molecule has 0 radical (unpaired) electrons. The van der Waals surface area contributed by atoms with Gasteiger partial charge in [-0.25, -0.2) is 0 Å². The van der Waals surface area contributed by atoms with Gasteiger partial charge in [0.1, 0.15) is 13.2 Å². The van der Waals surface area contributed by atoms with Crippen molar-refractivity contribution in [2.75, 3.05) is 18.5 Å². The minimum absolute atomic E-state index is 0.243. The van der Waals surface area contributed by atoms with Crippen molar-refractivity contribution in [1.29, 1.82) is 0 Å². The lowest BCUT2D eigenvalue weighted by molar-refractivity contribution is 0.102. The molecule has 1 N–H and O–H groups in total. The number of nitrogens with one attached hydrogen (secondary N) is 1. The van der Waals surface area contributed by atoms with Crippen LogP contribution < -0.4 is 14.8 Å². The first kappa shape index (κ1) is 15.6. The van der Waals surface area contributed by atoms with Gasteiger partial charge in [-0.1, -0.05) is 17.7 Å². The number of hydrogen-bond acceptors (Lipinski definition) is 3. The lowest BCUT2D eigenvalue weighted by Gasteiger charge is -2.20. The van der Waals surface area contributed by atoms with Crippen LogP contribution in [0.4, 0.5) is 5.69 Å². The number of rotatable bonds is 3. The lowest BCUT2D eigenvalue weighted by Crippen LogP contribution is -2.17. The zero-order valence-corrected chi connectivity index (χ0v) is 14.0. The average Bonchev–Trinajstić information content (AvgIpc) is 3.17. The second kappa shape index (κ2) is 6.53. The minimum atomic E-state index is -0.243. The molecule has 2 aromatic carbocycles. The molecule has 1 amide bonds. The van der Waals surface area contributed by atoms with Crippen molar-refractivity contribution in [3.8, 4) is 17.2 Å². The molecule has 5 nitrogen and oxygen atoms in total. The lowest BCUT2D eigenvalue weighted by atomic mass is 10.1. The van der Waals surface area contributed by atoms with Crippen LogP contribution in [0.5, 0.6) is 11.5 Å². The van der Waals surface area contributed by atoms with Gasteiger partial charge in [0.05, 0.1) is 10.7 Å². The van der Waals surface area contributed by atoms with E-state index in [-0.39, 0.29) is 5.91 Å². The molecule has 0 bridgehead atoms. The van der Waals surface area contributed by atoms with Gasteiger partial charge in [-0.05, 0) is 30.3 Å². The molecule has 4 rings (SSSR count). The monoisotopic (exact) mass is 354 g/mol. The summed E-state index contributed by atoms with van der Waals surface area (Å²) >= 11 is 6.25. The normalized spacial score (nSPS) is 12.7. The van der Waals surface area contributed by atoms with Crippen molar-refractivity contribution in [1.82, 2.24) is 4.57 Å². The van der Waals surface area contributed by atoms with Crippen LogP contribution in [-0.4, -0.2) is 23.7 Å². The van der Waals surface area contributed by atoms with Crippen molar-refractivity contribution in [3.63, 3.8) is 0 Å². The number of ether oxygens (including phenoxy) is 2. The third-order valence-corrected chi connectivity index (χ3v) is 4.20. The standard InChI is InChI=1S/C19H15ClN2O3/c20-15-11-17-18(25-9-8-24-17)12-16(15)21-19(23)13-4-3-5-14(10-13)22-6-1-2-7-22/h1-7,10-12H,8-9H2,(H,21,23). The van der Waals surface area contributed by atoms with Gasteiger partial charge in [-0.15, -0.1) is 0 Å². The van der Waals surface area contributed by atoms with Crippen LogP contribution in [-0.2, 0) is 0 Å². The van der Waals surface area contributed by atoms with Crippen LogP contribution >= 0.6 is 11.6 Å². The van der Waals surface area contributed by atoms with Gasteiger partial charge < -0.3 is 19.4 Å². The molecule has 1 aliphatic heterocycles. The number of aromatic nitrogens is 1. The Hall–Kier alpha value is -2.92. The average molecular weight is 355 g/mol. The molecule has 0 fully saturated rings. The summed E-state index contributed by atoms with van der Waals surface area (Å²) in [6.45, 7) is 0.960. The molecule has 2 heterocycles. The van der Waals surface area contributed by atoms with Gasteiger partial charge in [0, 0.05) is 35.8 Å². The maximum Gasteiger partial charge on any atom is 0.255 e. The van der Waals surface area contributed by atoms with E-state index in [1.165, 1.54) is 0 Å². The maximum absolute atomic E-state index is 12.6. The molecular weight excluding hydrogens is 340 g/mol. The summed E-state index contributed by atoms with van der Waals surface area (Å²) in [5, 5.41) is 3.24. The number of nitrogens with zero attached hydrogens (tertiary/aromatic N) is 1. The largest absolute Gasteiger partial charge is 0.486 e. The number of hydrogen-bond donors (Lipinski definition) is 1. The molecule has 1 aromatic heterocycles. The Morgan fingerprint density at radius 2 is 1.72 bits per heavy atom. The van der Waals surface area contributed by atoms with E-state index in [0.717, 1.165) is 5.69 Å². The Bertz CT molecular complexity index is 922. The van der Waals surface area contributed by atoms with E-state index in [0.29, 0.717) is 41.0 Å². The number of carbonyl (C=O) groups is 1. The number of carbonyl (C=O) groups excluding carboxylic acids is 1. The number of anilines is 1. The first-order chi connectivity index (χ1) is 12.2. The van der Waals surface area contributed by atoms with E-state index in [2.05, 4.69) is 5.32 Å². The van der Waals surface area contributed by atoms with Crippen molar-refractivity contribution in [2.45, 2.75) is 0 Å². The van der Waals surface area contributed by atoms with Crippen LogP contribution in [0.15, 0.2) is 60.9 Å². The highest BCUT2D eigenvalue weighted by Crippen LogP contribution is 2.38. The zero-order valence-electron chi connectivity index (χ0n) is 13.2. The van der Waals surface area contributed by atoms with Crippen LogP contribution in [0.1, 0.15) is 10.4 Å². The third kappa shape index (κ3) is 3.19. The topological polar surface area (TPSA) is 52.5 Å². The predicted molar refractivity (Wildman–Crippen MR) is 96.2 cm³/mol. The van der Waals surface area contributed by atoms with Crippen molar-refractivity contribution >= 4 is 23.2 Å². The Labute approximate surface area is 149 Å². The first-order valence-electron chi connectivity index (χ1n) is 7.84. The van der Waals surface area contributed by atoms with Gasteiger partial charge >= 0.3 is 0 Å². The Kier molecular flexibility index (Phi) is 4.07.